The van der Waals surface area contributed by atoms with Crippen LogP contribution in [0.25, 0.3) is 70.8 Å². The zero-order valence-corrected chi connectivity index (χ0v) is 23.0. The molecule has 0 N–H and O–H groups in total. The number of hydrogen-bond donors (Lipinski definition) is 0. The van der Waals surface area contributed by atoms with Gasteiger partial charge in [-0.05, 0) is 53.9 Å². The first-order valence-electron chi connectivity index (χ1n) is 13.4. The first-order valence-corrected chi connectivity index (χ1v) is 13.4. The summed E-state index contributed by atoms with van der Waals surface area (Å²) in [5.41, 5.74) is 2.11. The molecule has 11 heteroatoms. The van der Waals surface area contributed by atoms with Gasteiger partial charge in [-0.25, -0.2) is 18.7 Å². The second kappa shape index (κ2) is 10.00. The summed E-state index contributed by atoms with van der Waals surface area (Å²) in [7, 11) is 0. The zero-order valence-electron chi connectivity index (χ0n) is 23.0. The number of nitriles is 1. The zero-order chi connectivity index (χ0) is 31.6. The Morgan fingerprint density at radius 2 is 1.27 bits per heavy atom. The predicted molar refractivity (Wildman–Crippen MR) is 158 cm³/mol. The highest BCUT2D eigenvalue weighted by atomic mass is 19.4. The Morgan fingerprint density at radius 3 is 1.80 bits per heavy atom. The maximum atomic E-state index is 14.9. The Hall–Kier alpha value is -6.07. The summed E-state index contributed by atoms with van der Waals surface area (Å²) >= 11 is 0. The quantitative estimate of drug-likeness (QED) is 0.0870. The summed E-state index contributed by atoms with van der Waals surface area (Å²) in [6.07, 6.45) is -2.94. The van der Waals surface area contributed by atoms with Gasteiger partial charge >= 0.3 is 6.18 Å². The molecule has 45 heavy (non-hydrogen) atoms. The molecule has 6 aromatic carbocycles. The van der Waals surface area contributed by atoms with E-state index in [0.29, 0.717) is 55.3 Å². The van der Waals surface area contributed by atoms with Crippen LogP contribution in [0, 0.1) is 36.6 Å². The van der Waals surface area contributed by atoms with Crippen LogP contribution in [0.15, 0.2) is 82.9 Å². The van der Waals surface area contributed by atoms with Crippen LogP contribution in [0.1, 0.15) is 11.1 Å². The Bertz CT molecular complexity index is 2600. The van der Waals surface area contributed by atoms with Gasteiger partial charge in [-0.1, -0.05) is 42.5 Å². The molecule has 0 fully saturated rings. The Kier molecular flexibility index (Phi) is 6.16. The van der Waals surface area contributed by atoms with E-state index in [9.17, 15) is 27.2 Å². The van der Waals surface area contributed by atoms with Gasteiger partial charge in [0.2, 0.25) is 6.19 Å². The fourth-order valence-electron chi connectivity index (χ4n) is 5.72. The van der Waals surface area contributed by atoms with E-state index < -0.39 is 23.4 Å². The fourth-order valence-corrected chi connectivity index (χ4v) is 5.72. The second-order valence-corrected chi connectivity index (χ2v) is 10.4. The lowest BCUT2D eigenvalue weighted by Crippen LogP contribution is -2.05. The molecule has 0 atom stereocenters. The van der Waals surface area contributed by atoms with Gasteiger partial charge in [0.25, 0.3) is 0 Å². The standard InChI is InChI=1S/C34H15F5N6/c1-16-3-7-20(26(35)11-16)18-5-9-23-25(13-18)31(45-41-2)33-30(23)43-32-28(42-15-40)24-12-17(4-8-22(24)29(32)44-33)21-10-6-19(14-27(21)36)34(37,38)39/h3-14H,1H3/b42-28?,45-31+. The molecule has 0 radical (unpaired) electrons. The minimum atomic E-state index is -4.70. The van der Waals surface area contributed by atoms with Crippen LogP contribution in [0.5, 0.6) is 0 Å². The molecule has 0 aliphatic carbocycles. The molecule has 1 heterocycles. The van der Waals surface area contributed by atoms with Gasteiger partial charge in [-0.15, -0.1) is 4.95 Å². The molecule has 0 aliphatic rings. The maximum absolute atomic E-state index is 14.9. The third-order valence-electron chi connectivity index (χ3n) is 7.76. The smallest absolute Gasteiger partial charge is 0.241 e. The van der Waals surface area contributed by atoms with E-state index in [1.165, 1.54) is 18.2 Å². The van der Waals surface area contributed by atoms with Crippen LogP contribution >= 0.6 is 0 Å². The number of halogens is 5. The maximum Gasteiger partial charge on any atom is 0.416 e. The number of nitrogens with zero attached hydrogens (tertiary/aromatic N) is 6. The molecule has 0 aliphatic heterocycles. The van der Waals surface area contributed by atoms with Crippen molar-refractivity contribution in [2.75, 3.05) is 0 Å². The number of aromatic nitrogens is 2. The highest BCUT2D eigenvalue weighted by Crippen LogP contribution is 2.35. The van der Waals surface area contributed by atoms with Crippen molar-refractivity contribution in [2.24, 2.45) is 10.1 Å². The molecular formula is C34H15F5N6. The van der Waals surface area contributed by atoms with E-state index in [2.05, 4.69) is 15.0 Å². The average molecular weight is 603 g/mol. The molecule has 6 nitrogen and oxygen atoms in total. The fraction of sp³-hybridized carbons (Fsp3) is 0.0588. The average Bonchev–Trinajstić information content (AvgIpc) is 3.47. The van der Waals surface area contributed by atoms with Gasteiger partial charge < -0.3 is 0 Å². The van der Waals surface area contributed by atoms with Crippen molar-refractivity contribution in [2.45, 2.75) is 13.1 Å². The minimum absolute atomic E-state index is 0.0669. The monoisotopic (exact) mass is 602 g/mol. The summed E-state index contributed by atoms with van der Waals surface area (Å²) in [6.45, 7) is 9.22. The predicted octanol–water partition coefficient (Wildman–Crippen LogP) is 8.02. The number of alkyl halides is 3. The molecule has 1 aromatic heterocycles. The molecule has 7 aromatic rings. The first-order chi connectivity index (χ1) is 21.6. The van der Waals surface area contributed by atoms with Crippen LogP contribution in [-0.4, -0.2) is 9.97 Å². The van der Waals surface area contributed by atoms with Crippen molar-refractivity contribution < 1.29 is 22.0 Å². The minimum Gasteiger partial charge on any atom is -0.241 e. The van der Waals surface area contributed by atoms with Crippen molar-refractivity contribution in [3.8, 4) is 28.4 Å². The van der Waals surface area contributed by atoms with Crippen LogP contribution in [0.3, 0.4) is 0 Å². The molecule has 0 bridgehead atoms. The van der Waals surface area contributed by atoms with Crippen molar-refractivity contribution in [1.82, 2.24) is 9.97 Å². The van der Waals surface area contributed by atoms with Gasteiger partial charge in [0, 0.05) is 32.7 Å². The molecule has 0 spiro atoms. The van der Waals surface area contributed by atoms with Crippen molar-refractivity contribution in [3.63, 3.8) is 0 Å². The van der Waals surface area contributed by atoms with E-state index in [1.54, 1.807) is 49.5 Å². The molecular weight excluding hydrogens is 587 g/mol. The van der Waals surface area contributed by atoms with Gasteiger partial charge in [0.1, 0.15) is 28.0 Å². The molecule has 0 saturated heterocycles. The van der Waals surface area contributed by atoms with Gasteiger partial charge in [0.15, 0.2) is 5.36 Å². The highest BCUT2D eigenvalue weighted by Gasteiger charge is 2.31. The van der Waals surface area contributed by atoms with E-state index in [-0.39, 0.29) is 27.4 Å². The SMILES string of the molecule is [C-]#[N+]/N=c1\c2cc(-c3ccc(C)cc3F)ccc2c2nc3c(=NC#N)c4cc(-c5ccc(C(F)(F)F)cc5F)ccc4c3nc12. The largest absolute Gasteiger partial charge is 0.416 e. The molecule has 0 saturated carbocycles. The van der Waals surface area contributed by atoms with Crippen molar-refractivity contribution in [3.05, 3.63) is 118 Å². The topological polar surface area (TPSA) is 78.6 Å². The van der Waals surface area contributed by atoms with E-state index in [0.717, 1.165) is 17.7 Å². The summed E-state index contributed by atoms with van der Waals surface area (Å²) in [5, 5.41) is 16.0. The third kappa shape index (κ3) is 4.36. The second-order valence-electron chi connectivity index (χ2n) is 10.4. The Labute approximate surface area is 250 Å². The summed E-state index contributed by atoms with van der Waals surface area (Å²) in [5.74, 6) is -1.45. The highest BCUT2D eigenvalue weighted by molar-refractivity contribution is 6.15. The van der Waals surface area contributed by atoms with E-state index in [1.807, 2.05) is 0 Å². The number of aryl methyl sites for hydroxylation is 1. The Balaban J connectivity index is 1.50. The van der Waals surface area contributed by atoms with E-state index in [4.69, 9.17) is 16.5 Å². The lowest BCUT2D eigenvalue weighted by molar-refractivity contribution is -0.137. The van der Waals surface area contributed by atoms with Gasteiger partial charge in [-0.2, -0.15) is 30.0 Å². The number of benzene rings is 4. The van der Waals surface area contributed by atoms with Crippen molar-refractivity contribution >= 4 is 43.6 Å². The van der Waals surface area contributed by atoms with Gasteiger partial charge in [0.05, 0.1) is 21.7 Å². The molecule has 0 unspecified atom stereocenters. The van der Waals surface area contributed by atoms with Crippen LogP contribution in [-0.2, 0) is 6.18 Å². The lowest BCUT2D eigenvalue weighted by Gasteiger charge is -2.09. The summed E-state index contributed by atoms with van der Waals surface area (Å²) in [6, 6.07) is 17.1. The Morgan fingerprint density at radius 1 is 0.711 bits per heavy atom. The molecule has 7 rings (SSSR count). The third-order valence-corrected chi connectivity index (χ3v) is 7.76. The number of hydrogen-bond acceptors (Lipinski definition) is 5. The first kappa shape index (κ1) is 27.7. The van der Waals surface area contributed by atoms with Crippen LogP contribution < -0.4 is 10.7 Å². The van der Waals surface area contributed by atoms with Crippen molar-refractivity contribution in [1.29, 1.82) is 5.26 Å². The lowest BCUT2D eigenvalue weighted by atomic mass is 10.0. The number of fused-ring (bicyclic) bond motifs is 6. The number of rotatable bonds is 2. The summed E-state index contributed by atoms with van der Waals surface area (Å²) in [4.78, 5) is 16.8. The van der Waals surface area contributed by atoms with Gasteiger partial charge in [-0.3, -0.25) is 0 Å². The summed E-state index contributed by atoms with van der Waals surface area (Å²) < 4.78 is 69.0. The molecule has 0 amide bonds. The molecule has 216 valence electrons. The van der Waals surface area contributed by atoms with E-state index >= 15 is 0 Å². The normalized spacial score (nSPS) is 12.9. The van der Waals surface area contributed by atoms with Crippen LogP contribution in [0.4, 0.5) is 22.0 Å². The van der Waals surface area contributed by atoms with Crippen LogP contribution in [0.2, 0.25) is 0 Å².